The zero-order valence-corrected chi connectivity index (χ0v) is 10.6. The summed E-state index contributed by atoms with van der Waals surface area (Å²) in [7, 11) is 1.99. The maximum absolute atomic E-state index is 11.3. The van der Waals surface area contributed by atoms with Crippen LogP contribution >= 0.6 is 0 Å². The molecule has 0 aliphatic carbocycles. The minimum atomic E-state index is -0.232. The second-order valence-electron chi connectivity index (χ2n) is 4.48. The van der Waals surface area contributed by atoms with Crippen molar-refractivity contribution in [3.05, 3.63) is 52.4 Å². The van der Waals surface area contributed by atoms with Gasteiger partial charge in [0.25, 0.3) is 5.56 Å². The van der Waals surface area contributed by atoms with Gasteiger partial charge in [-0.25, -0.2) is 5.10 Å². The molecule has 5 nitrogen and oxygen atoms in total. The van der Waals surface area contributed by atoms with Crippen molar-refractivity contribution in [3.63, 3.8) is 0 Å². The molecule has 3 rings (SSSR count). The fourth-order valence-corrected chi connectivity index (χ4v) is 2.36. The Balaban J connectivity index is 2.33. The lowest BCUT2D eigenvalue weighted by Gasteiger charge is -2.04. The van der Waals surface area contributed by atoms with Crippen LogP contribution in [0.5, 0.6) is 0 Å². The molecule has 0 aliphatic heterocycles. The van der Waals surface area contributed by atoms with Gasteiger partial charge in [-0.15, -0.1) is 0 Å². The van der Waals surface area contributed by atoms with Crippen LogP contribution < -0.4 is 11.3 Å². The molecule has 2 aromatic heterocycles. The van der Waals surface area contributed by atoms with Gasteiger partial charge in [-0.3, -0.25) is 4.79 Å². The highest BCUT2D eigenvalue weighted by molar-refractivity contribution is 5.95. The minimum Gasteiger partial charge on any atom is -0.350 e. The molecule has 0 saturated heterocycles. The molecule has 0 unspecified atom stereocenters. The minimum absolute atomic E-state index is 0.232. The molecule has 0 amide bonds. The van der Waals surface area contributed by atoms with Crippen LogP contribution in [0.2, 0.25) is 0 Å². The summed E-state index contributed by atoms with van der Waals surface area (Å²) in [6.45, 7) is 0.287. The van der Waals surface area contributed by atoms with E-state index in [1.807, 2.05) is 42.1 Å². The summed E-state index contributed by atoms with van der Waals surface area (Å²) >= 11 is 0. The normalized spacial score (nSPS) is 11.1. The highest BCUT2D eigenvalue weighted by atomic mass is 16.1. The second-order valence-corrected chi connectivity index (χ2v) is 4.48. The predicted octanol–water partition coefficient (Wildman–Crippen LogP) is 1.39. The quantitative estimate of drug-likeness (QED) is 0.725. The summed E-state index contributed by atoms with van der Waals surface area (Å²) in [6, 6.07) is 9.57. The summed E-state index contributed by atoms with van der Waals surface area (Å²) in [4.78, 5) is 11.3. The van der Waals surface area contributed by atoms with E-state index < -0.39 is 0 Å². The first kappa shape index (κ1) is 11.7. The molecule has 3 N–H and O–H groups in total. The van der Waals surface area contributed by atoms with Crippen molar-refractivity contribution in [2.75, 3.05) is 0 Å². The molecule has 0 radical (unpaired) electrons. The Bertz CT molecular complexity index is 801. The smallest absolute Gasteiger partial charge is 0.264 e. The Hall–Kier alpha value is -2.40. The third kappa shape index (κ3) is 1.84. The van der Waals surface area contributed by atoms with Crippen molar-refractivity contribution < 1.29 is 0 Å². The number of hydrogen-bond donors (Lipinski definition) is 2. The number of rotatable bonds is 2. The first-order valence-corrected chi connectivity index (χ1v) is 6.04. The number of fused-ring (bicyclic) bond motifs is 1. The molecule has 0 fully saturated rings. The van der Waals surface area contributed by atoms with E-state index in [0.717, 1.165) is 27.7 Å². The SMILES string of the molecule is Cn1cc(-c2n[nH]c(=O)cc2CN)c2ccccc21. The van der Waals surface area contributed by atoms with Crippen LogP contribution in [0.4, 0.5) is 0 Å². The maximum Gasteiger partial charge on any atom is 0.264 e. The van der Waals surface area contributed by atoms with Gasteiger partial charge in [0, 0.05) is 42.3 Å². The fraction of sp³-hybridized carbons (Fsp3) is 0.143. The Labute approximate surface area is 109 Å². The Morgan fingerprint density at radius 3 is 2.95 bits per heavy atom. The number of aryl methyl sites for hydroxylation is 1. The summed E-state index contributed by atoms with van der Waals surface area (Å²) in [5.41, 5.74) is 9.06. The number of para-hydroxylation sites is 1. The summed E-state index contributed by atoms with van der Waals surface area (Å²) in [5.74, 6) is 0. The van der Waals surface area contributed by atoms with Gasteiger partial charge >= 0.3 is 0 Å². The fourth-order valence-electron chi connectivity index (χ4n) is 2.36. The van der Waals surface area contributed by atoms with Crippen LogP contribution in [0, 0.1) is 0 Å². The van der Waals surface area contributed by atoms with Gasteiger partial charge in [0.15, 0.2) is 0 Å². The molecule has 0 bridgehead atoms. The van der Waals surface area contributed by atoms with E-state index in [4.69, 9.17) is 5.73 Å². The van der Waals surface area contributed by atoms with Crippen LogP contribution in [0.15, 0.2) is 41.3 Å². The lowest BCUT2D eigenvalue weighted by molar-refractivity contribution is 0.938. The molecule has 5 heteroatoms. The number of aromatic nitrogens is 3. The summed E-state index contributed by atoms with van der Waals surface area (Å²) in [5, 5.41) is 7.73. The molecule has 0 atom stereocenters. The highest BCUT2D eigenvalue weighted by Gasteiger charge is 2.13. The third-order valence-electron chi connectivity index (χ3n) is 3.26. The average molecular weight is 254 g/mol. The molecule has 1 aromatic carbocycles. The Kier molecular flexibility index (Phi) is 2.68. The second kappa shape index (κ2) is 4.37. The van der Waals surface area contributed by atoms with E-state index >= 15 is 0 Å². The first-order valence-electron chi connectivity index (χ1n) is 6.04. The number of nitrogens with one attached hydrogen (secondary N) is 1. The monoisotopic (exact) mass is 254 g/mol. The van der Waals surface area contributed by atoms with Crippen molar-refractivity contribution in [2.24, 2.45) is 12.8 Å². The molecule has 96 valence electrons. The van der Waals surface area contributed by atoms with Crippen LogP contribution in [0.3, 0.4) is 0 Å². The van der Waals surface area contributed by atoms with Gasteiger partial charge in [0.2, 0.25) is 0 Å². The van der Waals surface area contributed by atoms with Crippen molar-refractivity contribution in [1.29, 1.82) is 0 Å². The number of hydrogen-bond acceptors (Lipinski definition) is 3. The average Bonchev–Trinajstić information content (AvgIpc) is 2.76. The van der Waals surface area contributed by atoms with Crippen molar-refractivity contribution in [2.45, 2.75) is 6.54 Å². The lowest BCUT2D eigenvalue weighted by atomic mass is 10.1. The largest absolute Gasteiger partial charge is 0.350 e. The van der Waals surface area contributed by atoms with Gasteiger partial charge < -0.3 is 10.3 Å². The van der Waals surface area contributed by atoms with Crippen molar-refractivity contribution in [1.82, 2.24) is 14.8 Å². The number of nitrogens with zero attached hydrogens (tertiary/aromatic N) is 2. The molecule has 2 heterocycles. The third-order valence-corrected chi connectivity index (χ3v) is 3.26. The van der Waals surface area contributed by atoms with Crippen LogP contribution in [0.25, 0.3) is 22.2 Å². The molecule has 0 saturated carbocycles. The van der Waals surface area contributed by atoms with Gasteiger partial charge in [-0.1, -0.05) is 18.2 Å². The van der Waals surface area contributed by atoms with Crippen LogP contribution in [-0.4, -0.2) is 14.8 Å². The zero-order valence-electron chi connectivity index (χ0n) is 10.6. The van der Waals surface area contributed by atoms with E-state index in [1.54, 1.807) is 0 Å². The lowest BCUT2D eigenvalue weighted by Crippen LogP contribution is -2.12. The van der Waals surface area contributed by atoms with E-state index in [9.17, 15) is 4.79 Å². The van der Waals surface area contributed by atoms with Gasteiger partial charge in [-0.2, -0.15) is 5.10 Å². The zero-order chi connectivity index (χ0) is 13.4. The summed E-state index contributed by atoms with van der Waals surface area (Å²) < 4.78 is 2.04. The predicted molar refractivity (Wildman–Crippen MR) is 74.7 cm³/mol. The van der Waals surface area contributed by atoms with Crippen molar-refractivity contribution in [3.8, 4) is 11.3 Å². The van der Waals surface area contributed by atoms with Gasteiger partial charge in [0.05, 0.1) is 5.69 Å². The Morgan fingerprint density at radius 2 is 2.16 bits per heavy atom. The van der Waals surface area contributed by atoms with E-state index in [1.165, 1.54) is 6.07 Å². The Morgan fingerprint density at radius 1 is 1.37 bits per heavy atom. The molecular weight excluding hydrogens is 240 g/mol. The number of benzene rings is 1. The van der Waals surface area contributed by atoms with Gasteiger partial charge in [0.1, 0.15) is 0 Å². The van der Waals surface area contributed by atoms with Crippen LogP contribution in [-0.2, 0) is 13.6 Å². The van der Waals surface area contributed by atoms with E-state index in [0.29, 0.717) is 0 Å². The number of H-pyrrole nitrogens is 1. The highest BCUT2D eigenvalue weighted by Crippen LogP contribution is 2.29. The first-order chi connectivity index (χ1) is 9.20. The number of nitrogens with two attached hydrogens (primary N) is 1. The van der Waals surface area contributed by atoms with Crippen LogP contribution in [0.1, 0.15) is 5.56 Å². The standard InChI is InChI=1S/C14H14N4O/c1-18-8-11(10-4-2-3-5-12(10)18)14-9(7-15)6-13(19)16-17-14/h2-6,8H,7,15H2,1H3,(H,16,19). The molecule has 3 aromatic rings. The topological polar surface area (TPSA) is 76.7 Å². The molecule has 19 heavy (non-hydrogen) atoms. The molecule has 0 spiro atoms. The molecular formula is C14H14N4O. The molecule has 0 aliphatic rings. The van der Waals surface area contributed by atoms with E-state index in [2.05, 4.69) is 10.2 Å². The maximum atomic E-state index is 11.3. The summed E-state index contributed by atoms with van der Waals surface area (Å²) in [6.07, 6.45) is 2.00. The van der Waals surface area contributed by atoms with Crippen molar-refractivity contribution >= 4 is 10.9 Å². The van der Waals surface area contributed by atoms with E-state index in [-0.39, 0.29) is 12.1 Å². The van der Waals surface area contributed by atoms with Gasteiger partial charge in [-0.05, 0) is 11.6 Å². The number of aromatic amines is 1.